The van der Waals surface area contributed by atoms with Crippen molar-refractivity contribution in [2.75, 3.05) is 21.3 Å². The average molecular weight is 295 g/mol. The van der Waals surface area contributed by atoms with Crippen LogP contribution in [0.5, 0.6) is 17.2 Å². The molecule has 0 aromatic heterocycles. The molecule has 1 saturated carbocycles. The Bertz CT molecular complexity index is 464. The molecule has 0 radical (unpaired) electrons. The van der Waals surface area contributed by atoms with Crippen molar-refractivity contribution in [2.24, 2.45) is 0 Å². The summed E-state index contributed by atoms with van der Waals surface area (Å²) in [5.41, 5.74) is 0.993. The summed E-state index contributed by atoms with van der Waals surface area (Å²) in [4.78, 5) is 0. The maximum Gasteiger partial charge on any atom is 0.164 e. The lowest BCUT2D eigenvalue weighted by Crippen LogP contribution is -2.41. The summed E-state index contributed by atoms with van der Waals surface area (Å²) in [7, 11) is 4.86. The minimum atomic E-state index is -0.259. The summed E-state index contributed by atoms with van der Waals surface area (Å²) in [6, 6.07) is 3.89. The standard InChI is InChI=1S/C16H25NO4/c1-19-14-9-16(21-3)15(20-2)8-11(14)10-17-12-6-4-5-7-13(12)18/h8-9,12-13,17-18H,4-7,10H2,1-3H3. The van der Waals surface area contributed by atoms with Crippen molar-refractivity contribution < 1.29 is 19.3 Å². The maximum atomic E-state index is 10.0. The molecule has 1 fully saturated rings. The Morgan fingerprint density at radius 3 is 2.24 bits per heavy atom. The molecule has 2 atom stereocenters. The number of nitrogens with one attached hydrogen (secondary N) is 1. The smallest absolute Gasteiger partial charge is 0.164 e. The monoisotopic (exact) mass is 295 g/mol. The summed E-state index contributed by atoms with van der Waals surface area (Å²) in [6.45, 7) is 0.630. The number of hydrogen-bond acceptors (Lipinski definition) is 5. The molecule has 1 aliphatic carbocycles. The van der Waals surface area contributed by atoms with Gasteiger partial charge >= 0.3 is 0 Å². The van der Waals surface area contributed by atoms with E-state index in [1.54, 1.807) is 21.3 Å². The third-order valence-corrected chi connectivity index (χ3v) is 4.07. The van der Waals surface area contributed by atoms with E-state index < -0.39 is 0 Å². The minimum absolute atomic E-state index is 0.150. The quantitative estimate of drug-likeness (QED) is 0.841. The zero-order valence-corrected chi connectivity index (χ0v) is 13.0. The number of ether oxygens (including phenoxy) is 3. The van der Waals surface area contributed by atoms with E-state index >= 15 is 0 Å². The number of methoxy groups -OCH3 is 3. The van der Waals surface area contributed by atoms with Crippen molar-refractivity contribution in [3.63, 3.8) is 0 Å². The summed E-state index contributed by atoms with van der Waals surface area (Å²) in [5, 5.41) is 13.4. The third kappa shape index (κ3) is 3.80. The molecule has 0 heterocycles. The molecule has 5 heteroatoms. The van der Waals surface area contributed by atoms with E-state index in [0.29, 0.717) is 18.0 Å². The fourth-order valence-corrected chi connectivity index (χ4v) is 2.82. The van der Waals surface area contributed by atoms with Gasteiger partial charge in [-0.05, 0) is 18.9 Å². The van der Waals surface area contributed by atoms with Crippen molar-refractivity contribution >= 4 is 0 Å². The van der Waals surface area contributed by atoms with Gasteiger partial charge in [0.05, 0.1) is 27.4 Å². The van der Waals surface area contributed by atoms with E-state index in [-0.39, 0.29) is 12.1 Å². The summed E-state index contributed by atoms with van der Waals surface area (Å²) in [5.74, 6) is 2.08. The lowest BCUT2D eigenvalue weighted by atomic mass is 9.92. The van der Waals surface area contributed by atoms with E-state index in [1.165, 1.54) is 0 Å². The molecule has 1 aliphatic rings. The highest BCUT2D eigenvalue weighted by atomic mass is 16.5. The highest BCUT2D eigenvalue weighted by molar-refractivity contribution is 5.50. The van der Waals surface area contributed by atoms with Gasteiger partial charge in [0, 0.05) is 24.2 Å². The Morgan fingerprint density at radius 1 is 1.00 bits per heavy atom. The molecule has 0 spiro atoms. The Kier molecular flexibility index (Phi) is 5.70. The van der Waals surface area contributed by atoms with E-state index in [4.69, 9.17) is 14.2 Å². The fourth-order valence-electron chi connectivity index (χ4n) is 2.82. The van der Waals surface area contributed by atoms with Crippen molar-refractivity contribution in [1.82, 2.24) is 5.32 Å². The van der Waals surface area contributed by atoms with Gasteiger partial charge in [0.1, 0.15) is 5.75 Å². The molecule has 118 valence electrons. The van der Waals surface area contributed by atoms with Crippen LogP contribution in [0.1, 0.15) is 31.2 Å². The first-order chi connectivity index (χ1) is 10.2. The zero-order chi connectivity index (χ0) is 15.2. The zero-order valence-electron chi connectivity index (χ0n) is 13.0. The fraction of sp³-hybridized carbons (Fsp3) is 0.625. The number of benzene rings is 1. The van der Waals surface area contributed by atoms with E-state index in [1.807, 2.05) is 12.1 Å². The number of hydrogen-bond donors (Lipinski definition) is 2. The predicted molar refractivity (Wildman–Crippen MR) is 81.2 cm³/mol. The summed E-state index contributed by atoms with van der Waals surface area (Å²) < 4.78 is 16.0. The van der Waals surface area contributed by atoms with Gasteiger partial charge in [-0.3, -0.25) is 0 Å². The number of aliphatic hydroxyl groups excluding tert-OH is 1. The van der Waals surface area contributed by atoms with Crippen molar-refractivity contribution in [2.45, 2.75) is 44.4 Å². The minimum Gasteiger partial charge on any atom is -0.496 e. The van der Waals surface area contributed by atoms with Crippen LogP contribution in [-0.2, 0) is 6.54 Å². The first kappa shape index (κ1) is 15.9. The Labute approximate surface area is 126 Å². The van der Waals surface area contributed by atoms with Crippen LogP contribution in [0.4, 0.5) is 0 Å². The lowest BCUT2D eigenvalue weighted by Gasteiger charge is -2.28. The summed E-state index contributed by atoms with van der Waals surface area (Å²) in [6.07, 6.45) is 3.90. The van der Waals surface area contributed by atoms with Crippen LogP contribution in [0, 0.1) is 0 Å². The SMILES string of the molecule is COc1cc(OC)c(OC)cc1CNC1CCCCC1O. The predicted octanol–water partition coefficient (Wildman–Crippen LogP) is 2.11. The van der Waals surface area contributed by atoms with Crippen LogP contribution in [-0.4, -0.2) is 38.6 Å². The molecule has 0 aliphatic heterocycles. The molecule has 1 aromatic rings. The Morgan fingerprint density at radius 2 is 1.62 bits per heavy atom. The second-order valence-electron chi connectivity index (χ2n) is 5.36. The molecule has 21 heavy (non-hydrogen) atoms. The first-order valence-electron chi connectivity index (χ1n) is 7.40. The molecular weight excluding hydrogens is 270 g/mol. The molecule has 5 nitrogen and oxygen atoms in total. The highest BCUT2D eigenvalue weighted by Gasteiger charge is 2.23. The van der Waals surface area contributed by atoms with Gasteiger partial charge in [-0.25, -0.2) is 0 Å². The molecule has 2 rings (SSSR count). The molecule has 1 aromatic carbocycles. The number of aliphatic hydroxyl groups is 1. The first-order valence-corrected chi connectivity index (χ1v) is 7.40. The molecule has 2 N–H and O–H groups in total. The number of rotatable bonds is 6. The average Bonchev–Trinajstić information content (AvgIpc) is 2.53. The van der Waals surface area contributed by atoms with Crippen molar-refractivity contribution in [3.05, 3.63) is 17.7 Å². The largest absolute Gasteiger partial charge is 0.496 e. The van der Waals surface area contributed by atoms with Gasteiger partial charge in [0.2, 0.25) is 0 Å². The normalized spacial score (nSPS) is 21.9. The summed E-state index contributed by atoms with van der Waals surface area (Å²) >= 11 is 0. The maximum absolute atomic E-state index is 10.0. The van der Waals surface area contributed by atoms with Crippen molar-refractivity contribution in [1.29, 1.82) is 0 Å². The second kappa shape index (κ2) is 7.52. The van der Waals surface area contributed by atoms with Gasteiger partial charge in [-0.15, -0.1) is 0 Å². The molecule has 0 amide bonds. The van der Waals surface area contributed by atoms with E-state index in [9.17, 15) is 5.11 Å². The van der Waals surface area contributed by atoms with Crippen LogP contribution in [0.25, 0.3) is 0 Å². The van der Waals surface area contributed by atoms with Crippen LogP contribution in [0.2, 0.25) is 0 Å². The van der Waals surface area contributed by atoms with Gasteiger partial charge in [-0.1, -0.05) is 12.8 Å². The molecular formula is C16H25NO4. The van der Waals surface area contributed by atoms with Gasteiger partial charge in [-0.2, -0.15) is 0 Å². The van der Waals surface area contributed by atoms with E-state index in [2.05, 4.69) is 5.32 Å². The topological polar surface area (TPSA) is 60.0 Å². The van der Waals surface area contributed by atoms with Crippen molar-refractivity contribution in [3.8, 4) is 17.2 Å². The van der Waals surface area contributed by atoms with Crippen LogP contribution in [0.15, 0.2) is 12.1 Å². The van der Waals surface area contributed by atoms with Gasteiger partial charge < -0.3 is 24.6 Å². The molecule has 0 saturated heterocycles. The highest BCUT2D eigenvalue weighted by Crippen LogP contribution is 2.34. The van der Waals surface area contributed by atoms with Gasteiger partial charge in [0.15, 0.2) is 11.5 Å². The Balaban J connectivity index is 2.10. The van der Waals surface area contributed by atoms with Crippen LogP contribution >= 0.6 is 0 Å². The van der Waals surface area contributed by atoms with Crippen LogP contribution in [0.3, 0.4) is 0 Å². The third-order valence-electron chi connectivity index (χ3n) is 4.07. The Hall–Kier alpha value is -1.46. The van der Waals surface area contributed by atoms with Gasteiger partial charge in [0.25, 0.3) is 0 Å². The second-order valence-corrected chi connectivity index (χ2v) is 5.36. The van der Waals surface area contributed by atoms with E-state index in [0.717, 1.165) is 37.0 Å². The molecule has 2 unspecified atom stereocenters. The molecule has 0 bridgehead atoms. The lowest BCUT2D eigenvalue weighted by molar-refractivity contribution is 0.0901. The van der Waals surface area contributed by atoms with Crippen LogP contribution < -0.4 is 19.5 Å².